The van der Waals surface area contributed by atoms with E-state index in [1.54, 1.807) is 0 Å². The Kier molecular flexibility index (Phi) is 4.20. The molecule has 0 radical (unpaired) electrons. The molecular weight excluding hydrogens is 242 g/mol. The van der Waals surface area contributed by atoms with Crippen molar-refractivity contribution in [2.75, 3.05) is 0 Å². The van der Waals surface area contributed by atoms with Crippen molar-refractivity contribution >= 4 is 11.9 Å². The van der Waals surface area contributed by atoms with E-state index in [4.69, 9.17) is 5.11 Å². The Hall–Kier alpha value is -1.84. The van der Waals surface area contributed by atoms with Gasteiger partial charge in [0.1, 0.15) is 0 Å². The Labute approximate surface area is 112 Å². The molecule has 1 aromatic rings. The first-order valence-electron chi connectivity index (χ1n) is 6.63. The van der Waals surface area contributed by atoms with Crippen LogP contribution in [0.25, 0.3) is 0 Å². The molecule has 4 nitrogen and oxygen atoms in total. The van der Waals surface area contributed by atoms with Crippen LogP contribution in [0, 0.1) is 18.8 Å². The summed E-state index contributed by atoms with van der Waals surface area (Å²) < 4.78 is 0. The SMILES string of the molecule is Cc1ccccc1CNC(=O)C1CCC(C(=O)O)C1. The van der Waals surface area contributed by atoms with Gasteiger partial charge in [0, 0.05) is 12.5 Å². The van der Waals surface area contributed by atoms with Gasteiger partial charge in [0.15, 0.2) is 0 Å². The Morgan fingerprint density at radius 2 is 1.95 bits per heavy atom. The smallest absolute Gasteiger partial charge is 0.306 e. The van der Waals surface area contributed by atoms with Gasteiger partial charge < -0.3 is 10.4 Å². The Morgan fingerprint density at radius 1 is 1.26 bits per heavy atom. The summed E-state index contributed by atoms with van der Waals surface area (Å²) in [7, 11) is 0. The monoisotopic (exact) mass is 261 g/mol. The summed E-state index contributed by atoms with van der Waals surface area (Å²) in [5.74, 6) is -1.31. The van der Waals surface area contributed by atoms with E-state index in [1.807, 2.05) is 31.2 Å². The molecular formula is C15H19NO3. The van der Waals surface area contributed by atoms with Crippen molar-refractivity contribution in [1.29, 1.82) is 0 Å². The molecule has 2 rings (SSSR count). The van der Waals surface area contributed by atoms with Gasteiger partial charge in [-0.15, -0.1) is 0 Å². The number of carbonyl (C=O) groups is 2. The maximum Gasteiger partial charge on any atom is 0.306 e. The lowest BCUT2D eigenvalue weighted by Crippen LogP contribution is -2.29. The van der Waals surface area contributed by atoms with Gasteiger partial charge in [-0.3, -0.25) is 9.59 Å². The Bertz CT molecular complexity index is 484. The van der Waals surface area contributed by atoms with Gasteiger partial charge in [-0.1, -0.05) is 24.3 Å². The summed E-state index contributed by atoms with van der Waals surface area (Å²) in [5.41, 5.74) is 2.25. The van der Waals surface area contributed by atoms with Gasteiger partial charge in [0.05, 0.1) is 5.92 Å². The minimum atomic E-state index is -0.783. The van der Waals surface area contributed by atoms with E-state index in [0.29, 0.717) is 25.8 Å². The number of carbonyl (C=O) groups excluding carboxylic acids is 1. The third kappa shape index (κ3) is 3.34. The van der Waals surface area contributed by atoms with Crippen LogP contribution in [0.15, 0.2) is 24.3 Å². The summed E-state index contributed by atoms with van der Waals surface area (Å²) in [6, 6.07) is 7.92. The number of carboxylic acid groups (broad SMARTS) is 1. The topological polar surface area (TPSA) is 66.4 Å². The molecule has 1 amide bonds. The fraction of sp³-hybridized carbons (Fsp3) is 0.467. The number of amides is 1. The van der Waals surface area contributed by atoms with Crippen LogP contribution in [-0.4, -0.2) is 17.0 Å². The van der Waals surface area contributed by atoms with Crippen LogP contribution in [0.3, 0.4) is 0 Å². The molecule has 2 unspecified atom stereocenters. The van der Waals surface area contributed by atoms with Crippen LogP contribution in [0.1, 0.15) is 30.4 Å². The molecule has 0 bridgehead atoms. The maximum atomic E-state index is 12.0. The third-order valence-electron chi connectivity index (χ3n) is 3.87. The normalized spacial score (nSPS) is 22.2. The van der Waals surface area contributed by atoms with Gasteiger partial charge in [-0.05, 0) is 37.3 Å². The molecule has 4 heteroatoms. The maximum absolute atomic E-state index is 12.0. The lowest BCUT2D eigenvalue weighted by Gasteiger charge is -2.12. The summed E-state index contributed by atoms with van der Waals surface area (Å²) in [6.07, 6.45) is 1.75. The highest BCUT2D eigenvalue weighted by atomic mass is 16.4. The second-order valence-corrected chi connectivity index (χ2v) is 5.19. The van der Waals surface area contributed by atoms with Gasteiger partial charge in [-0.25, -0.2) is 0 Å². The van der Waals surface area contributed by atoms with Gasteiger partial charge in [0.25, 0.3) is 0 Å². The molecule has 1 fully saturated rings. The van der Waals surface area contributed by atoms with Gasteiger partial charge in [-0.2, -0.15) is 0 Å². The number of benzene rings is 1. The van der Waals surface area contributed by atoms with Crippen molar-refractivity contribution in [2.24, 2.45) is 11.8 Å². The van der Waals surface area contributed by atoms with Gasteiger partial charge >= 0.3 is 5.97 Å². The summed E-state index contributed by atoms with van der Waals surface area (Å²) in [6.45, 7) is 2.53. The number of aliphatic carboxylic acids is 1. The summed E-state index contributed by atoms with van der Waals surface area (Å²) in [4.78, 5) is 22.9. The van der Waals surface area contributed by atoms with Crippen molar-refractivity contribution < 1.29 is 14.7 Å². The van der Waals surface area contributed by atoms with Crippen molar-refractivity contribution in [2.45, 2.75) is 32.7 Å². The van der Waals surface area contributed by atoms with E-state index >= 15 is 0 Å². The number of rotatable bonds is 4. The van der Waals surface area contributed by atoms with Crippen molar-refractivity contribution in [3.05, 3.63) is 35.4 Å². The highest BCUT2D eigenvalue weighted by Crippen LogP contribution is 2.31. The van der Waals surface area contributed by atoms with E-state index < -0.39 is 5.97 Å². The fourth-order valence-corrected chi connectivity index (χ4v) is 2.58. The fourth-order valence-electron chi connectivity index (χ4n) is 2.58. The zero-order valence-electron chi connectivity index (χ0n) is 11.1. The first-order valence-corrected chi connectivity index (χ1v) is 6.63. The van der Waals surface area contributed by atoms with Crippen LogP contribution in [0.5, 0.6) is 0 Å². The van der Waals surface area contributed by atoms with Crippen molar-refractivity contribution in [1.82, 2.24) is 5.32 Å². The molecule has 0 saturated heterocycles. The van der Waals surface area contributed by atoms with Crippen LogP contribution in [0.2, 0.25) is 0 Å². The van der Waals surface area contributed by atoms with Crippen LogP contribution < -0.4 is 5.32 Å². The second-order valence-electron chi connectivity index (χ2n) is 5.19. The molecule has 0 aliphatic heterocycles. The first-order chi connectivity index (χ1) is 9.08. The minimum Gasteiger partial charge on any atom is -0.481 e. The predicted octanol–water partition coefficient (Wildman–Crippen LogP) is 2.11. The van der Waals surface area contributed by atoms with E-state index in [2.05, 4.69) is 5.32 Å². The van der Waals surface area contributed by atoms with E-state index in [9.17, 15) is 9.59 Å². The third-order valence-corrected chi connectivity index (χ3v) is 3.87. The van der Waals surface area contributed by atoms with Crippen molar-refractivity contribution in [3.63, 3.8) is 0 Å². The number of hydrogen-bond acceptors (Lipinski definition) is 2. The molecule has 0 aromatic heterocycles. The van der Waals surface area contributed by atoms with E-state index in [0.717, 1.165) is 11.1 Å². The molecule has 1 aromatic carbocycles. The number of nitrogens with one attached hydrogen (secondary N) is 1. The van der Waals surface area contributed by atoms with Crippen molar-refractivity contribution in [3.8, 4) is 0 Å². The highest BCUT2D eigenvalue weighted by molar-refractivity contribution is 5.80. The zero-order chi connectivity index (χ0) is 13.8. The Morgan fingerprint density at radius 3 is 2.58 bits per heavy atom. The zero-order valence-corrected chi connectivity index (χ0v) is 11.1. The van der Waals surface area contributed by atoms with Crippen LogP contribution >= 0.6 is 0 Å². The Balaban J connectivity index is 1.86. The lowest BCUT2D eigenvalue weighted by atomic mass is 10.0. The average Bonchev–Trinajstić information content (AvgIpc) is 2.87. The quantitative estimate of drug-likeness (QED) is 0.872. The molecule has 0 spiro atoms. The number of hydrogen-bond donors (Lipinski definition) is 2. The largest absolute Gasteiger partial charge is 0.481 e. The highest BCUT2D eigenvalue weighted by Gasteiger charge is 2.33. The number of aryl methyl sites for hydroxylation is 1. The average molecular weight is 261 g/mol. The first kappa shape index (κ1) is 13.6. The molecule has 19 heavy (non-hydrogen) atoms. The molecule has 1 saturated carbocycles. The molecule has 2 N–H and O–H groups in total. The molecule has 1 aliphatic carbocycles. The lowest BCUT2D eigenvalue weighted by molar-refractivity contribution is -0.141. The predicted molar refractivity (Wildman–Crippen MR) is 71.5 cm³/mol. The summed E-state index contributed by atoms with van der Waals surface area (Å²) >= 11 is 0. The standard InChI is InChI=1S/C15H19NO3/c1-10-4-2-3-5-13(10)9-16-14(17)11-6-7-12(8-11)15(18)19/h2-5,11-12H,6-9H2,1H3,(H,16,17)(H,18,19). The van der Waals surface area contributed by atoms with E-state index in [-0.39, 0.29) is 17.7 Å². The van der Waals surface area contributed by atoms with Gasteiger partial charge in [0.2, 0.25) is 5.91 Å². The minimum absolute atomic E-state index is 0.0213. The summed E-state index contributed by atoms with van der Waals surface area (Å²) in [5, 5.41) is 11.8. The molecule has 2 atom stereocenters. The molecule has 0 heterocycles. The second kappa shape index (κ2) is 5.87. The molecule has 102 valence electrons. The van der Waals surface area contributed by atoms with Crippen LogP contribution in [0.4, 0.5) is 0 Å². The van der Waals surface area contributed by atoms with Crippen LogP contribution in [-0.2, 0) is 16.1 Å². The van der Waals surface area contributed by atoms with E-state index in [1.165, 1.54) is 0 Å². The molecule has 1 aliphatic rings. The number of carboxylic acids is 1.